The highest BCUT2D eigenvalue weighted by Crippen LogP contribution is 2.28. The van der Waals surface area contributed by atoms with Gasteiger partial charge >= 0.3 is 11.9 Å². The monoisotopic (exact) mass is 581 g/mol. The van der Waals surface area contributed by atoms with Crippen LogP contribution in [0.5, 0.6) is 0 Å². The molecule has 0 aliphatic heterocycles. The van der Waals surface area contributed by atoms with Crippen molar-refractivity contribution in [1.29, 1.82) is 0 Å². The first kappa shape index (κ1) is 36.9. The van der Waals surface area contributed by atoms with Crippen molar-refractivity contribution < 1.29 is 29.0 Å². The van der Waals surface area contributed by atoms with Gasteiger partial charge < -0.3 is 26.2 Å². The minimum absolute atomic E-state index is 0.0461. The second kappa shape index (κ2) is 20.7. The number of carbonyl (C=O) groups excluding carboxylic acids is 3. The number of unbranched alkanes of at least 4 members (excludes halogenated alkanes) is 6. The van der Waals surface area contributed by atoms with E-state index in [4.69, 9.17) is 10.5 Å². The number of carboxylic acids is 1. The zero-order valence-corrected chi connectivity index (χ0v) is 26.4. The molecule has 0 aromatic rings. The van der Waals surface area contributed by atoms with Crippen LogP contribution >= 0.6 is 0 Å². The van der Waals surface area contributed by atoms with Crippen molar-refractivity contribution in [3.8, 4) is 0 Å². The first-order valence-electron chi connectivity index (χ1n) is 16.3. The lowest BCUT2D eigenvalue weighted by molar-refractivity contribution is -0.156. The zero-order chi connectivity index (χ0) is 30.8. The number of nitrogens with two attached hydrogens (primary N) is 1. The van der Waals surface area contributed by atoms with E-state index in [1.807, 2.05) is 20.8 Å². The summed E-state index contributed by atoms with van der Waals surface area (Å²) in [7, 11) is 0. The van der Waals surface area contributed by atoms with Crippen LogP contribution in [0.1, 0.15) is 137 Å². The number of hydrogen-bond acceptors (Lipinski definition) is 6. The molecule has 1 aliphatic rings. The SMILES string of the molecule is CCCCCCCCC[C@H](C)[C@H](CC(=O)N[C@@H](CC1CCCCC1)C(=O)N[C@@H](C)C(=O)O)OC(=O)[C@H](N)[C@@H](C)CC. The van der Waals surface area contributed by atoms with Crippen LogP contribution in [0.4, 0.5) is 0 Å². The molecule has 1 fully saturated rings. The fraction of sp³-hybridized carbons (Fsp3) is 0.875. The summed E-state index contributed by atoms with van der Waals surface area (Å²) < 4.78 is 5.86. The average molecular weight is 582 g/mol. The van der Waals surface area contributed by atoms with Gasteiger partial charge in [0.1, 0.15) is 24.2 Å². The molecule has 0 unspecified atom stereocenters. The Balaban J connectivity index is 2.91. The maximum Gasteiger partial charge on any atom is 0.325 e. The number of amides is 2. The van der Waals surface area contributed by atoms with Gasteiger partial charge in [-0.2, -0.15) is 0 Å². The van der Waals surface area contributed by atoms with Crippen molar-refractivity contribution in [1.82, 2.24) is 10.6 Å². The number of rotatable bonds is 21. The summed E-state index contributed by atoms with van der Waals surface area (Å²) >= 11 is 0. The Kier molecular flexibility index (Phi) is 18.6. The molecule has 1 aliphatic carbocycles. The number of esters is 1. The molecule has 0 saturated heterocycles. The quantitative estimate of drug-likeness (QED) is 0.104. The van der Waals surface area contributed by atoms with Crippen LogP contribution in [0.3, 0.4) is 0 Å². The first-order valence-corrected chi connectivity index (χ1v) is 16.3. The molecular weight excluding hydrogens is 522 g/mol. The Morgan fingerprint density at radius 3 is 2.07 bits per heavy atom. The van der Waals surface area contributed by atoms with Crippen LogP contribution in [0, 0.1) is 17.8 Å². The highest BCUT2D eigenvalue weighted by molar-refractivity contribution is 5.90. The molecule has 5 N–H and O–H groups in total. The molecule has 0 heterocycles. The molecule has 0 spiro atoms. The lowest BCUT2D eigenvalue weighted by Crippen LogP contribution is -2.52. The number of ether oxygens (including phenoxy) is 1. The Morgan fingerprint density at radius 1 is 0.878 bits per heavy atom. The van der Waals surface area contributed by atoms with Gasteiger partial charge in [0.15, 0.2) is 0 Å². The standard InChI is InChI=1S/C32H59N3O6/c1-6-8-9-10-11-12-14-17-23(4)27(41-32(40)29(33)22(3)7-2)21-28(36)35-26(20-25-18-15-13-16-19-25)30(37)34-24(5)31(38)39/h22-27,29H,6-21,33H2,1-5H3,(H,34,37)(H,35,36)(H,38,39)/t22-,23-,24-,26-,27-,29+/m0/s1. The largest absolute Gasteiger partial charge is 0.480 e. The molecule has 0 aromatic carbocycles. The molecule has 6 atom stereocenters. The number of carbonyl (C=O) groups is 4. The summed E-state index contributed by atoms with van der Waals surface area (Å²) in [5, 5.41) is 14.6. The molecule has 0 aromatic heterocycles. The van der Waals surface area contributed by atoms with Crippen molar-refractivity contribution in [3.63, 3.8) is 0 Å². The van der Waals surface area contributed by atoms with E-state index < -0.39 is 42.1 Å². The van der Waals surface area contributed by atoms with Crippen LogP contribution in [0.15, 0.2) is 0 Å². The van der Waals surface area contributed by atoms with E-state index in [0.717, 1.165) is 57.8 Å². The summed E-state index contributed by atoms with van der Waals surface area (Å²) in [5.41, 5.74) is 6.15. The minimum atomic E-state index is -1.13. The van der Waals surface area contributed by atoms with E-state index in [0.29, 0.717) is 12.3 Å². The Bertz CT molecular complexity index is 785. The summed E-state index contributed by atoms with van der Waals surface area (Å²) in [4.78, 5) is 50.6. The Hall–Kier alpha value is -2.16. The van der Waals surface area contributed by atoms with Crippen LogP contribution < -0.4 is 16.4 Å². The summed E-state index contributed by atoms with van der Waals surface area (Å²) in [5.74, 6) is -2.33. The van der Waals surface area contributed by atoms with Gasteiger partial charge in [-0.25, -0.2) is 0 Å². The van der Waals surface area contributed by atoms with Crippen molar-refractivity contribution in [2.24, 2.45) is 23.5 Å². The number of hydrogen-bond donors (Lipinski definition) is 4. The fourth-order valence-electron chi connectivity index (χ4n) is 5.48. The summed E-state index contributed by atoms with van der Waals surface area (Å²) in [6.45, 7) is 9.48. The van der Waals surface area contributed by atoms with Crippen molar-refractivity contribution in [2.45, 2.75) is 162 Å². The van der Waals surface area contributed by atoms with Crippen LogP contribution in [0.25, 0.3) is 0 Å². The highest BCUT2D eigenvalue weighted by atomic mass is 16.5. The second-order valence-corrected chi connectivity index (χ2v) is 12.4. The predicted octanol–water partition coefficient (Wildman–Crippen LogP) is 5.48. The van der Waals surface area contributed by atoms with Gasteiger partial charge in [0.2, 0.25) is 11.8 Å². The third kappa shape index (κ3) is 15.0. The fourth-order valence-corrected chi connectivity index (χ4v) is 5.48. The van der Waals surface area contributed by atoms with Crippen molar-refractivity contribution >= 4 is 23.8 Å². The van der Waals surface area contributed by atoms with Gasteiger partial charge in [-0.3, -0.25) is 19.2 Å². The van der Waals surface area contributed by atoms with Crippen LogP contribution in [-0.2, 0) is 23.9 Å². The normalized spacial score (nSPS) is 18.4. The van der Waals surface area contributed by atoms with E-state index in [-0.39, 0.29) is 24.2 Å². The molecule has 238 valence electrons. The predicted molar refractivity (Wildman–Crippen MR) is 162 cm³/mol. The lowest BCUT2D eigenvalue weighted by Gasteiger charge is -2.29. The van der Waals surface area contributed by atoms with Gasteiger partial charge in [0.25, 0.3) is 0 Å². The molecule has 2 amide bonds. The zero-order valence-electron chi connectivity index (χ0n) is 26.4. The molecule has 1 saturated carbocycles. The van der Waals surface area contributed by atoms with E-state index in [1.165, 1.54) is 39.0 Å². The van der Waals surface area contributed by atoms with E-state index >= 15 is 0 Å². The van der Waals surface area contributed by atoms with E-state index in [2.05, 4.69) is 17.6 Å². The molecule has 41 heavy (non-hydrogen) atoms. The Morgan fingerprint density at radius 2 is 1.49 bits per heavy atom. The first-order chi connectivity index (χ1) is 19.5. The number of nitrogens with one attached hydrogen (secondary N) is 2. The number of aliphatic carboxylic acids is 1. The third-order valence-corrected chi connectivity index (χ3v) is 8.76. The van der Waals surface area contributed by atoms with Crippen LogP contribution in [-0.4, -0.2) is 53.1 Å². The minimum Gasteiger partial charge on any atom is -0.480 e. The van der Waals surface area contributed by atoms with Gasteiger partial charge in [0.05, 0.1) is 6.42 Å². The molecular formula is C32H59N3O6. The smallest absolute Gasteiger partial charge is 0.325 e. The molecule has 0 bridgehead atoms. The maximum absolute atomic E-state index is 13.3. The molecule has 1 rings (SSSR count). The third-order valence-electron chi connectivity index (χ3n) is 8.76. The van der Waals surface area contributed by atoms with Crippen molar-refractivity contribution in [2.75, 3.05) is 0 Å². The lowest BCUT2D eigenvalue weighted by atomic mass is 9.84. The summed E-state index contributed by atoms with van der Waals surface area (Å²) in [6.07, 6.45) is 14.8. The number of carboxylic acid groups (broad SMARTS) is 1. The highest BCUT2D eigenvalue weighted by Gasteiger charge is 2.32. The Labute approximate surface area is 248 Å². The topological polar surface area (TPSA) is 148 Å². The average Bonchev–Trinajstić information content (AvgIpc) is 2.95. The summed E-state index contributed by atoms with van der Waals surface area (Å²) in [6, 6.07) is -2.67. The molecule has 9 nitrogen and oxygen atoms in total. The molecule has 0 radical (unpaired) electrons. The maximum atomic E-state index is 13.3. The van der Waals surface area contributed by atoms with Crippen LogP contribution in [0.2, 0.25) is 0 Å². The van der Waals surface area contributed by atoms with E-state index in [9.17, 15) is 24.3 Å². The van der Waals surface area contributed by atoms with Crippen molar-refractivity contribution in [3.05, 3.63) is 0 Å². The van der Waals surface area contributed by atoms with Gasteiger partial charge in [-0.1, -0.05) is 111 Å². The second-order valence-electron chi connectivity index (χ2n) is 12.4. The van der Waals surface area contributed by atoms with Gasteiger partial charge in [0, 0.05) is 0 Å². The van der Waals surface area contributed by atoms with Gasteiger partial charge in [-0.05, 0) is 37.5 Å². The van der Waals surface area contributed by atoms with E-state index in [1.54, 1.807) is 0 Å². The molecule has 9 heteroatoms. The van der Waals surface area contributed by atoms with Gasteiger partial charge in [-0.15, -0.1) is 0 Å².